The van der Waals surface area contributed by atoms with Gasteiger partial charge in [-0.1, -0.05) is 6.07 Å². The lowest BCUT2D eigenvalue weighted by Crippen LogP contribution is -2.32. The number of ether oxygens (including phenoxy) is 1. The molecule has 3 rings (SSSR count). The number of carbonyl (C=O) groups is 2. The van der Waals surface area contributed by atoms with E-state index in [4.69, 9.17) is 4.74 Å². The van der Waals surface area contributed by atoms with Gasteiger partial charge in [0, 0.05) is 0 Å². The van der Waals surface area contributed by atoms with Crippen molar-refractivity contribution in [2.75, 3.05) is 11.9 Å². The molecule has 10 heteroatoms. The number of halogens is 2. The van der Waals surface area contributed by atoms with Crippen LogP contribution >= 0.6 is 0 Å². The minimum absolute atomic E-state index is 0.114. The SMILES string of the molecule is O=C1COc2ccc(S(=O)(=O)NC(=O)Cc3ccc(F)c(F)c3)cc2N1. The van der Waals surface area contributed by atoms with Crippen LogP contribution in [0.25, 0.3) is 0 Å². The highest BCUT2D eigenvalue weighted by molar-refractivity contribution is 7.90. The van der Waals surface area contributed by atoms with E-state index in [1.807, 2.05) is 4.72 Å². The van der Waals surface area contributed by atoms with Gasteiger partial charge >= 0.3 is 0 Å². The maximum absolute atomic E-state index is 13.2. The van der Waals surface area contributed by atoms with E-state index in [0.717, 1.165) is 18.2 Å². The van der Waals surface area contributed by atoms with Gasteiger partial charge < -0.3 is 10.1 Å². The van der Waals surface area contributed by atoms with Crippen LogP contribution in [0.15, 0.2) is 41.3 Å². The van der Waals surface area contributed by atoms with E-state index >= 15 is 0 Å². The summed E-state index contributed by atoms with van der Waals surface area (Å²) in [5.74, 6) is -3.26. The molecule has 1 aliphatic rings. The third-order valence-electron chi connectivity index (χ3n) is 3.49. The normalized spacial score (nSPS) is 13.4. The van der Waals surface area contributed by atoms with E-state index in [1.165, 1.54) is 18.2 Å². The van der Waals surface area contributed by atoms with Gasteiger partial charge in [0.05, 0.1) is 17.0 Å². The molecule has 0 bridgehead atoms. The number of nitrogens with one attached hydrogen (secondary N) is 2. The van der Waals surface area contributed by atoms with E-state index in [-0.39, 0.29) is 22.8 Å². The summed E-state index contributed by atoms with van der Waals surface area (Å²) < 4.78 is 57.6. The minimum atomic E-state index is -4.22. The highest BCUT2D eigenvalue weighted by Gasteiger charge is 2.22. The summed E-state index contributed by atoms with van der Waals surface area (Å²) in [6.07, 6.45) is -0.457. The topological polar surface area (TPSA) is 102 Å². The van der Waals surface area contributed by atoms with Gasteiger partial charge in [-0.05, 0) is 35.9 Å². The van der Waals surface area contributed by atoms with Gasteiger partial charge in [-0.15, -0.1) is 0 Å². The van der Waals surface area contributed by atoms with Crippen LogP contribution in [-0.2, 0) is 26.0 Å². The summed E-state index contributed by atoms with van der Waals surface area (Å²) in [6.45, 7) is -0.177. The molecule has 2 aromatic rings. The standard InChI is InChI=1S/C16H12F2N2O5S/c17-11-3-1-9(5-12(11)18)6-15(21)20-26(23,24)10-2-4-14-13(7-10)19-16(22)8-25-14/h1-5,7H,6,8H2,(H,19,22)(H,20,21). The summed E-state index contributed by atoms with van der Waals surface area (Å²) in [5.41, 5.74) is 0.278. The number of rotatable bonds is 4. The first-order chi connectivity index (χ1) is 12.2. The molecule has 0 saturated carbocycles. The van der Waals surface area contributed by atoms with Gasteiger partial charge in [-0.2, -0.15) is 0 Å². The Morgan fingerprint density at radius 1 is 1.15 bits per heavy atom. The van der Waals surface area contributed by atoms with Crippen molar-refractivity contribution < 1.29 is 31.5 Å². The Hall–Kier alpha value is -3.01. The number of sulfonamides is 1. The number of hydrogen-bond donors (Lipinski definition) is 2. The molecule has 2 N–H and O–H groups in total. The average Bonchev–Trinajstić information content (AvgIpc) is 2.57. The molecule has 0 fully saturated rings. The van der Waals surface area contributed by atoms with Crippen LogP contribution in [0.2, 0.25) is 0 Å². The predicted octanol–water partition coefficient (Wildman–Crippen LogP) is 1.34. The summed E-state index contributed by atoms with van der Waals surface area (Å²) in [4.78, 5) is 23.0. The number of benzene rings is 2. The lowest BCUT2D eigenvalue weighted by atomic mass is 10.1. The molecule has 0 atom stereocenters. The first kappa shape index (κ1) is 17.8. The van der Waals surface area contributed by atoms with E-state index in [0.29, 0.717) is 5.75 Å². The largest absolute Gasteiger partial charge is 0.482 e. The zero-order valence-corrected chi connectivity index (χ0v) is 13.9. The Labute approximate surface area is 147 Å². The quantitative estimate of drug-likeness (QED) is 0.831. The van der Waals surface area contributed by atoms with Gasteiger partial charge in [0.1, 0.15) is 5.75 Å². The third-order valence-corrected chi connectivity index (χ3v) is 4.86. The molecular weight excluding hydrogens is 370 g/mol. The fourth-order valence-corrected chi connectivity index (χ4v) is 3.32. The van der Waals surface area contributed by atoms with Gasteiger partial charge in [-0.25, -0.2) is 21.9 Å². The van der Waals surface area contributed by atoms with Crippen molar-refractivity contribution in [1.29, 1.82) is 0 Å². The molecule has 26 heavy (non-hydrogen) atoms. The maximum atomic E-state index is 13.2. The number of carbonyl (C=O) groups excluding carboxylic acids is 2. The molecule has 1 heterocycles. The second-order valence-electron chi connectivity index (χ2n) is 5.45. The number of amides is 2. The molecule has 0 spiro atoms. The lowest BCUT2D eigenvalue weighted by molar-refractivity contribution is -0.119. The van der Waals surface area contributed by atoms with Crippen molar-refractivity contribution >= 4 is 27.5 Å². The van der Waals surface area contributed by atoms with Gasteiger partial charge in [-0.3, -0.25) is 9.59 Å². The molecule has 0 radical (unpaired) electrons. The first-order valence-corrected chi connectivity index (χ1v) is 8.79. The van der Waals surface area contributed by atoms with Crippen molar-refractivity contribution in [3.63, 3.8) is 0 Å². The fourth-order valence-electron chi connectivity index (χ4n) is 2.31. The zero-order chi connectivity index (χ0) is 18.9. The number of anilines is 1. The number of fused-ring (bicyclic) bond motifs is 1. The summed E-state index contributed by atoms with van der Waals surface area (Å²) in [6, 6.07) is 6.55. The van der Waals surface area contributed by atoms with Crippen molar-refractivity contribution in [2.45, 2.75) is 11.3 Å². The summed E-state index contributed by atoms with van der Waals surface area (Å²) >= 11 is 0. The molecule has 7 nitrogen and oxygen atoms in total. The molecule has 0 aliphatic carbocycles. The lowest BCUT2D eigenvalue weighted by Gasteiger charge is -2.18. The summed E-state index contributed by atoms with van der Waals surface area (Å²) in [5, 5.41) is 2.46. The Balaban J connectivity index is 1.76. The van der Waals surface area contributed by atoms with Crippen molar-refractivity contribution in [2.24, 2.45) is 0 Å². The van der Waals surface area contributed by atoms with Crippen LogP contribution in [0, 0.1) is 11.6 Å². The van der Waals surface area contributed by atoms with E-state index in [1.54, 1.807) is 0 Å². The Kier molecular flexibility index (Phi) is 4.60. The van der Waals surface area contributed by atoms with Gasteiger partial charge in [0.15, 0.2) is 18.2 Å². The van der Waals surface area contributed by atoms with Crippen LogP contribution in [0.4, 0.5) is 14.5 Å². The molecule has 136 valence electrons. The average molecular weight is 382 g/mol. The second-order valence-corrected chi connectivity index (χ2v) is 7.13. The third kappa shape index (κ3) is 3.80. The zero-order valence-electron chi connectivity index (χ0n) is 13.1. The fraction of sp³-hybridized carbons (Fsp3) is 0.125. The molecule has 0 unspecified atom stereocenters. The van der Waals surface area contributed by atoms with E-state index in [9.17, 15) is 26.8 Å². The van der Waals surface area contributed by atoms with Crippen LogP contribution in [0.3, 0.4) is 0 Å². The van der Waals surface area contributed by atoms with Crippen molar-refractivity contribution in [1.82, 2.24) is 4.72 Å². The van der Waals surface area contributed by atoms with Crippen LogP contribution in [0.5, 0.6) is 5.75 Å². The molecule has 2 amide bonds. The minimum Gasteiger partial charge on any atom is -0.482 e. The predicted molar refractivity (Wildman–Crippen MR) is 86.0 cm³/mol. The van der Waals surface area contributed by atoms with Crippen molar-refractivity contribution in [3.05, 3.63) is 53.6 Å². The molecule has 2 aromatic carbocycles. The van der Waals surface area contributed by atoms with E-state index < -0.39 is 39.9 Å². The highest BCUT2D eigenvalue weighted by atomic mass is 32.2. The monoisotopic (exact) mass is 382 g/mol. The Morgan fingerprint density at radius 3 is 2.65 bits per heavy atom. The van der Waals surface area contributed by atoms with Gasteiger partial charge in [0.25, 0.3) is 15.9 Å². The smallest absolute Gasteiger partial charge is 0.264 e. The molecule has 0 aromatic heterocycles. The van der Waals surface area contributed by atoms with Crippen molar-refractivity contribution in [3.8, 4) is 5.75 Å². The second kappa shape index (κ2) is 6.71. The van der Waals surface area contributed by atoms with Crippen LogP contribution in [0.1, 0.15) is 5.56 Å². The maximum Gasteiger partial charge on any atom is 0.264 e. The molecule has 0 saturated heterocycles. The molecule has 1 aliphatic heterocycles. The van der Waals surface area contributed by atoms with Crippen LogP contribution in [-0.4, -0.2) is 26.8 Å². The Morgan fingerprint density at radius 2 is 1.92 bits per heavy atom. The van der Waals surface area contributed by atoms with Gasteiger partial charge in [0.2, 0.25) is 5.91 Å². The molecular formula is C16H12F2N2O5S. The van der Waals surface area contributed by atoms with Crippen LogP contribution < -0.4 is 14.8 Å². The summed E-state index contributed by atoms with van der Waals surface area (Å²) in [7, 11) is -4.22. The first-order valence-electron chi connectivity index (χ1n) is 7.31. The number of hydrogen-bond acceptors (Lipinski definition) is 5. The Bertz CT molecular complexity index is 1010. The highest BCUT2D eigenvalue weighted by Crippen LogP contribution is 2.30. The van der Waals surface area contributed by atoms with E-state index in [2.05, 4.69) is 5.32 Å².